The lowest BCUT2D eigenvalue weighted by atomic mass is 10.1. The van der Waals surface area contributed by atoms with Gasteiger partial charge in [0.05, 0.1) is 11.2 Å². The molecular weight excluding hydrogens is 574 g/mol. The van der Waals surface area contributed by atoms with Crippen LogP contribution in [-0.2, 0) is 19.6 Å². The van der Waals surface area contributed by atoms with Gasteiger partial charge in [-0.05, 0) is 51.9 Å². The van der Waals surface area contributed by atoms with Gasteiger partial charge in [0.2, 0.25) is 21.8 Å². The third-order valence-corrected chi connectivity index (χ3v) is 7.91. The van der Waals surface area contributed by atoms with Crippen LogP contribution in [0, 0.1) is 0 Å². The van der Waals surface area contributed by atoms with E-state index < -0.39 is 28.0 Å². The molecule has 0 aromatic carbocycles. The van der Waals surface area contributed by atoms with E-state index in [4.69, 9.17) is 23.7 Å². The minimum atomic E-state index is -3.61. The number of nitrogens with zero attached hydrogens (tertiary/aromatic N) is 1. The van der Waals surface area contributed by atoms with Gasteiger partial charge in [-0.3, -0.25) is 14.6 Å². The van der Waals surface area contributed by atoms with Gasteiger partial charge >= 0.3 is 0 Å². The number of aliphatic imine (C=N–C) groups is 1. The number of guanidine groups is 1. The van der Waals surface area contributed by atoms with Crippen LogP contribution in [0.4, 0.5) is 0 Å². The van der Waals surface area contributed by atoms with E-state index in [1.165, 1.54) is 64.2 Å². The first-order valence-corrected chi connectivity index (χ1v) is 18.1. The first-order valence-electron chi connectivity index (χ1n) is 15.8. The van der Waals surface area contributed by atoms with E-state index in [2.05, 4.69) is 32.6 Å². The molecule has 0 radical (unpaired) electrons. The fraction of sp³-hybridized carbons (Fsp3) is 0.862. The normalized spacial score (nSPS) is 12.7. The molecule has 0 aliphatic heterocycles. The quantitative estimate of drug-likeness (QED) is 0.0345. The van der Waals surface area contributed by atoms with Gasteiger partial charge < -0.3 is 27.4 Å². The monoisotopic (exact) mass is 633 g/mol. The number of hydrogen-bond acceptors (Lipinski definition) is 6. The zero-order valence-corrected chi connectivity index (χ0v) is 28.0. The highest BCUT2D eigenvalue weighted by atomic mass is 32.2. The van der Waals surface area contributed by atoms with Gasteiger partial charge in [-0.1, -0.05) is 83.3 Å². The number of nitrogens with one attached hydrogen (secondary N) is 4. The molecule has 246 valence electrons. The maximum absolute atomic E-state index is 12.8. The lowest BCUT2D eigenvalue weighted by molar-refractivity contribution is -0.129. The summed E-state index contributed by atoms with van der Waals surface area (Å²) in [6.07, 6.45) is 19.2. The van der Waals surface area contributed by atoms with Gasteiger partial charge in [0.25, 0.3) is 0 Å². The van der Waals surface area contributed by atoms with E-state index in [1.807, 2.05) is 0 Å². The molecule has 0 aromatic heterocycles. The average Bonchev–Trinajstić information content (AvgIpc) is 2.91. The first kappa shape index (κ1) is 40.0. The zero-order valence-electron chi connectivity index (χ0n) is 26.3. The van der Waals surface area contributed by atoms with Gasteiger partial charge in [0.1, 0.15) is 12.1 Å². The van der Waals surface area contributed by atoms with Crippen molar-refractivity contribution < 1.29 is 18.0 Å². The summed E-state index contributed by atoms with van der Waals surface area (Å²) in [6.45, 7) is 5.37. The molecule has 2 amide bonds. The molecule has 13 heteroatoms. The molecule has 0 bridgehead atoms. The standard InChI is InChI=1S/C29H59N7O4S2/c1-4-5-6-7-8-9-10-11-12-13-14-20-26(41)32-21-16-15-19-25(36-42(3,39)40)28(38)35-24(2)27(37)33-22-17-18-23-34-29(30)31/h24-25,36H,4-23H2,1-3H3,(H,32,41)(H,33,37)(H,35,38)(H4,30,31,34)/t24-,25+/m1/s1. The molecule has 2 atom stereocenters. The SMILES string of the molecule is CCCCCCCCCCCCCC(=S)NCCCC[C@H](NS(C)(=O)=O)C(=O)N[C@H](C)C(=O)NCCCCN=C(N)N. The number of amides is 2. The number of sulfonamides is 1. The Kier molecular flexibility index (Phi) is 24.3. The molecule has 8 N–H and O–H groups in total. The average molecular weight is 634 g/mol. The molecule has 11 nitrogen and oxygen atoms in total. The lowest BCUT2D eigenvalue weighted by Gasteiger charge is -2.20. The van der Waals surface area contributed by atoms with Crippen LogP contribution in [-0.4, -0.2) is 69.2 Å². The summed E-state index contributed by atoms with van der Waals surface area (Å²) in [5.74, 6) is -0.850. The van der Waals surface area contributed by atoms with Gasteiger partial charge in [-0.25, -0.2) is 13.1 Å². The molecule has 0 aliphatic carbocycles. The number of hydrogen-bond donors (Lipinski definition) is 6. The first-order chi connectivity index (χ1) is 20.0. The summed E-state index contributed by atoms with van der Waals surface area (Å²) in [6, 6.07) is -1.77. The van der Waals surface area contributed by atoms with Crippen LogP contribution < -0.4 is 32.1 Å². The molecule has 0 saturated heterocycles. The van der Waals surface area contributed by atoms with Crippen LogP contribution in [0.1, 0.15) is 123 Å². The minimum absolute atomic E-state index is 0.0298. The smallest absolute Gasteiger partial charge is 0.242 e. The van der Waals surface area contributed by atoms with Crippen molar-refractivity contribution >= 4 is 45.0 Å². The molecule has 0 heterocycles. The summed E-state index contributed by atoms with van der Waals surface area (Å²) < 4.78 is 26.1. The molecule has 0 aliphatic rings. The highest BCUT2D eigenvalue weighted by Crippen LogP contribution is 2.12. The Morgan fingerprint density at radius 2 is 1.33 bits per heavy atom. The van der Waals surface area contributed by atoms with Crippen molar-refractivity contribution in [2.24, 2.45) is 16.5 Å². The third-order valence-electron chi connectivity index (χ3n) is 6.85. The summed E-state index contributed by atoms with van der Waals surface area (Å²) in [7, 11) is -3.61. The van der Waals surface area contributed by atoms with Gasteiger partial charge in [0, 0.05) is 19.6 Å². The molecule has 0 aromatic rings. The van der Waals surface area contributed by atoms with E-state index in [0.717, 1.165) is 30.5 Å². The number of rotatable bonds is 27. The maximum Gasteiger partial charge on any atom is 0.242 e. The van der Waals surface area contributed by atoms with Crippen LogP contribution in [0.15, 0.2) is 4.99 Å². The lowest BCUT2D eigenvalue weighted by Crippen LogP contribution is -2.52. The molecule has 42 heavy (non-hydrogen) atoms. The summed E-state index contributed by atoms with van der Waals surface area (Å²) in [5, 5.41) is 8.63. The fourth-order valence-corrected chi connectivity index (χ4v) is 5.42. The number of carbonyl (C=O) groups excluding carboxylic acids is 2. The van der Waals surface area contributed by atoms with Crippen LogP contribution >= 0.6 is 12.2 Å². The fourth-order valence-electron chi connectivity index (χ4n) is 4.43. The largest absolute Gasteiger partial charge is 0.380 e. The Morgan fingerprint density at radius 1 is 0.786 bits per heavy atom. The van der Waals surface area contributed by atoms with Gasteiger partial charge in [-0.2, -0.15) is 0 Å². The number of unbranched alkanes of at least 4 members (excludes halogenated alkanes) is 12. The van der Waals surface area contributed by atoms with Crippen LogP contribution in [0.5, 0.6) is 0 Å². The topological polar surface area (TPSA) is 181 Å². The molecule has 0 unspecified atom stereocenters. The Balaban J connectivity index is 4.17. The van der Waals surface area contributed by atoms with E-state index in [-0.39, 0.29) is 11.9 Å². The predicted octanol–water partition coefficient (Wildman–Crippen LogP) is 3.37. The van der Waals surface area contributed by atoms with Crippen LogP contribution in [0.25, 0.3) is 0 Å². The van der Waals surface area contributed by atoms with E-state index in [1.54, 1.807) is 6.92 Å². The molecule has 0 rings (SSSR count). The van der Waals surface area contributed by atoms with Crippen molar-refractivity contribution in [2.75, 3.05) is 25.9 Å². The maximum atomic E-state index is 12.8. The van der Waals surface area contributed by atoms with Crippen molar-refractivity contribution in [1.29, 1.82) is 0 Å². The second-order valence-electron chi connectivity index (χ2n) is 11.1. The van der Waals surface area contributed by atoms with E-state index in [9.17, 15) is 18.0 Å². The number of nitrogens with two attached hydrogens (primary N) is 2. The molecule has 0 fully saturated rings. The van der Waals surface area contributed by atoms with Crippen molar-refractivity contribution in [2.45, 2.75) is 135 Å². The Labute approximate surface area is 260 Å². The van der Waals surface area contributed by atoms with Gasteiger partial charge in [-0.15, -0.1) is 0 Å². The Morgan fingerprint density at radius 3 is 1.90 bits per heavy atom. The second kappa shape index (κ2) is 25.5. The van der Waals surface area contributed by atoms with Crippen molar-refractivity contribution in [1.82, 2.24) is 20.7 Å². The number of carbonyl (C=O) groups is 2. The minimum Gasteiger partial charge on any atom is -0.380 e. The summed E-state index contributed by atoms with van der Waals surface area (Å²) in [5.41, 5.74) is 10.5. The zero-order chi connectivity index (χ0) is 31.6. The van der Waals surface area contributed by atoms with Crippen LogP contribution in [0.2, 0.25) is 0 Å². The number of thiocarbonyl (C=S) groups is 1. The highest BCUT2D eigenvalue weighted by molar-refractivity contribution is 7.88. The Bertz CT molecular complexity index is 881. The highest BCUT2D eigenvalue weighted by Gasteiger charge is 2.25. The third kappa shape index (κ3) is 25.7. The Hall–Kier alpha value is -1.99. The van der Waals surface area contributed by atoms with Gasteiger partial charge in [0.15, 0.2) is 5.96 Å². The second-order valence-corrected chi connectivity index (χ2v) is 13.4. The molecule has 0 saturated carbocycles. The van der Waals surface area contributed by atoms with Crippen molar-refractivity contribution in [3.63, 3.8) is 0 Å². The van der Waals surface area contributed by atoms with Crippen molar-refractivity contribution in [3.8, 4) is 0 Å². The van der Waals surface area contributed by atoms with E-state index >= 15 is 0 Å². The predicted molar refractivity (Wildman–Crippen MR) is 178 cm³/mol. The molecule has 0 spiro atoms. The summed E-state index contributed by atoms with van der Waals surface area (Å²) >= 11 is 5.45. The molecular formula is C29H59N7O4S2. The summed E-state index contributed by atoms with van der Waals surface area (Å²) in [4.78, 5) is 29.8. The van der Waals surface area contributed by atoms with Crippen molar-refractivity contribution in [3.05, 3.63) is 0 Å². The van der Waals surface area contributed by atoms with E-state index in [0.29, 0.717) is 45.3 Å². The van der Waals surface area contributed by atoms with Crippen LogP contribution in [0.3, 0.4) is 0 Å².